The molecule has 0 spiro atoms. The van der Waals surface area contributed by atoms with Gasteiger partial charge < -0.3 is 15.2 Å². The third-order valence-corrected chi connectivity index (χ3v) is 3.59. The van der Waals surface area contributed by atoms with E-state index in [0.717, 1.165) is 30.3 Å². The summed E-state index contributed by atoms with van der Waals surface area (Å²) in [6.07, 6.45) is -6.27. The quantitative estimate of drug-likeness (QED) is 0.407. The van der Waals surface area contributed by atoms with E-state index in [1.165, 1.54) is 0 Å². The molecule has 2 N–H and O–H groups in total. The van der Waals surface area contributed by atoms with Crippen molar-refractivity contribution in [2.24, 2.45) is 0 Å². The number of rotatable bonds is 7. The smallest absolute Gasteiger partial charge is 0.422 e. The molecule has 0 radical (unpaired) electrons. The Morgan fingerprint density at radius 2 is 1.90 bits per heavy atom. The molecule has 0 heterocycles. The lowest BCUT2D eigenvalue weighted by molar-refractivity contribution is -0.385. The monoisotopic (exact) mass is 420 g/mol. The molecule has 0 aliphatic carbocycles. The Kier molecular flexibility index (Phi) is 6.69. The van der Waals surface area contributed by atoms with Gasteiger partial charge in [0.05, 0.1) is 11.0 Å². The molecule has 12 heteroatoms. The first-order chi connectivity index (χ1) is 13.5. The highest BCUT2D eigenvalue weighted by Gasteiger charge is 2.29. The Balaban J connectivity index is 2.16. The summed E-state index contributed by atoms with van der Waals surface area (Å²) in [5.74, 6) is -3.51. The molecule has 0 fully saturated rings. The summed E-state index contributed by atoms with van der Waals surface area (Å²) >= 11 is 0. The lowest BCUT2D eigenvalue weighted by Gasteiger charge is -2.14. The Morgan fingerprint density at radius 3 is 2.48 bits per heavy atom. The number of ether oxygens (including phenoxy) is 1. The average molecular weight is 420 g/mol. The number of halogens is 5. The Hall–Kier alpha value is -3.28. The van der Waals surface area contributed by atoms with Crippen molar-refractivity contribution in [3.05, 3.63) is 69.3 Å². The van der Waals surface area contributed by atoms with Crippen LogP contribution in [0.2, 0.25) is 0 Å². The maximum Gasteiger partial charge on any atom is 0.422 e. The second kappa shape index (κ2) is 8.82. The summed E-state index contributed by atoms with van der Waals surface area (Å²) in [5, 5.41) is 23.1. The predicted octanol–water partition coefficient (Wildman–Crippen LogP) is 3.28. The van der Waals surface area contributed by atoms with E-state index in [1.807, 2.05) is 0 Å². The molecule has 0 aromatic heterocycles. The highest BCUT2D eigenvalue weighted by atomic mass is 19.4. The molecule has 1 atom stereocenters. The van der Waals surface area contributed by atoms with Crippen molar-refractivity contribution in [1.29, 1.82) is 0 Å². The van der Waals surface area contributed by atoms with Gasteiger partial charge in [-0.3, -0.25) is 14.9 Å². The van der Waals surface area contributed by atoms with Crippen LogP contribution in [-0.2, 0) is 0 Å². The number of carbonyl (C=O) groups excluding carboxylic acids is 1. The van der Waals surface area contributed by atoms with Gasteiger partial charge in [-0.2, -0.15) is 13.2 Å². The topological polar surface area (TPSA) is 102 Å². The van der Waals surface area contributed by atoms with Crippen LogP contribution < -0.4 is 10.1 Å². The molecular weight excluding hydrogens is 407 g/mol. The number of nitro benzene ring substituents is 1. The normalized spacial score (nSPS) is 12.3. The zero-order chi connectivity index (χ0) is 21.8. The second-order valence-electron chi connectivity index (χ2n) is 5.73. The number of benzene rings is 2. The largest absolute Gasteiger partial charge is 0.484 e. The molecule has 0 saturated carbocycles. The number of aliphatic hydroxyl groups excluding tert-OH is 1. The SMILES string of the molecule is O=C(NCC(O)c1ccc(F)cc1F)c1cc(OCC(F)(F)F)ccc1[N+](=O)[O-]. The van der Waals surface area contributed by atoms with Crippen LogP contribution in [0.3, 0.4) is 0 Å². The van der Waals surface area contributed by atoms with Gasteiger partial charge in [-0.25, -0.2) is 8.78 Å². The number of alkyl halides is 3. The molecule has 2 aromatic rings. The molecular formula is C17H13F5N2O5. The number of carbonyl (C=O) groups is 1. The zero-order valence-electron chi connectivity index (χ0n) is 14.4. The first-order valence-corrected chi connectivity index (χ1v) is 7.87. The Morgan fingerprint density at radius 1 is 1.21 bits per heavy atom. The van der Waals surface area contributed by atoms with E-state index in [4.69, 9.17) is 0 Å². The lowest BCUT2D eigenvalue weighted by Crippen LogP contribution is -2.29. The van der Waals surface area contributed by atoms with Crippen molar-refractivity contribution in [2.45, 2.75) is 12.3 Å². The minimum atomic E-state index is -4.66. The average Bonchev–Trinajstić information content (AvgIpc) is 2.63. The van der Waals surface area contributed by atoms with Crippen LogP contribution in [0.15, 0.2) is 36.4 Å². The van der Waals surface area contributed by atoms with E-state index in [9.17, 15) is 42.0 Å². The molecule has 0 aliphatic heterocycles. The van der Waals surface area contributed by atoms with Gasteiger partial charge in [-0.05, 0) is 18.2 Å². The fourth-order valence-corrected chi connectivity index (χ4v) is 2.28. The van der Waals surface area contributed by atoms with Crippen LogP contribution >= 0.6 is 0 Å². The molecule has 0 aliphatic rings. The summed E-state index contributed by atoms with van der Waals surface area (Å²) in [7, 11) is 0. The lowest BCUT2D eigenvalue weighted by atomic mass is 10.1. The highest BCUT2D eigenvalue weighted by molar-refractivity contribution is 5.98. The predicted molar refractivity (Wildman–Crippen MR) is 88.3 cm³/mol. The molecule has 0 bridgehead atoms. The first kappa shape index (κ1) is 22.0. The molecule has 156 valence electrons. The van der Waals surface area contributed by atoms with Gasteiger partial charge in [-0.15, -0.1) is 0 Å². The van der Waals surface area contributed by atoms with Gasteiger partial charge in [0.15, 0.2) is 6.61 Å². The number of aliphatic hydroxyl groups is 1. The fraction of sp³-hybridized carbons (Fsp3) is 0.235. The number of hydrogen-bond donors (Lipinski definition) is 2. The van der Waals surface area contributed by atoms with Crippen molar-refractivity contribution in [3.63, 3.8) is 0 Å². The highest BCUT2D eigenvalue weighted by Crippen LogP contribution is 2.26. The molecule has 1 unspecified atom stereocenters. The van der Waals surface area contributed by atoms with Crippen molar-refractivity contribution in [3.8, 4) is 5.75 Å². The van der Waals surface area contributed by atoms with E-state index in [2.05, 4.69) is 10.1 Å². The molecule has 7 nitrogen and oxygen atoms in total. The minimum Gasteiger partial charge on any atom is -0.484 e. The van der Waals surface area contributed by atoms with Gasteiger partial charge in [0.2, 0.25) is 0 Å². The third-order valence-electron chi connectivity index (χ3n) is 3.59. The summed E-state index contributed by atoms with van der Waals surface area (Å²) in [5.41, 5.74) is -1.67. The molecule has 29 heavy (non-hydrogen) atoms. The number of nitro groups is 1. The van der Waals surface area contributed by atoms with Crippen LogP contribution in [0.25, 0.3) is 0 Å². The second-order valence-corrected chi connectivity index (χ2v) is 5.73. The van der Waals surface area contributed by atoms with Crippen LogP contribution in [0.4, 0.5) is 27.6 Å². The van der Waals surface area contributed by atoms with Crippen LogP contribution in [0.1, 0.15) is 22.0 Å². The van der Waals surface area contributed by atoms with Crippen molar-refractivity contribution >= 4 is 11.6 Å². The van der Waals surface area contributed by atoms with E-state index in [1.54, 1.807) is 0 Å². The standard InChI is InChI=1S/C17H13F5N2O5/c18-9-1-3-11(13(19)5-9)15(25)7-23-16(26)12-6-10(29-8-17(20,21)22)2-4-14(12)24(27)28/h1-6,15,25H,7-8H2,(H,23,26). The van der Waals surface area contributed by atoms with Gasteiger partial charge >= 0.3 is 6.18 Å². The van der Waals surface area contributed by atoms with Gasteiger partial charge in [-0.1, -0.05) is 6.07 Å². The van der Waals surface area contributed by atoms with E-state index in [-0.39, 0.29) is 5.56 Å². The Bertz CT molecular complexity index is 920. The summed E-state index contributed by atoms with van der Waals surface area (Å²) in [4.78, 5) is 22.4. The van der Waals surface area contributed by atoms with Gasteiger partial charge in [0.1, 0.15) is 22.9 Å². The molecule has 0 saturated heterocycles. The zero-order valence-corrected chi connectivity index (χ0v) is 14.4. The van der Waals surface area contributed by atoms with Crippen molar-refractivity contribution < 1.29 is 41.5 Å². The van der Waals surface area contributed by atoms with Gasteiger partial charge in [0.25, 0.3) is 11.6 Å². The third kappa shape index (κ3) is 6.10. The number of amides is 1. The van der Waals surface area contributed by atoms with E-state index in [0.29, 0.717) is 6.07 Å². The van der Waals surface area contributed by atoms with E-state index < -0.39 is 64.9 Å². The van der Waals surface area contributed by atoms with Crippen LogP contribution in [-0.4, -0.2) is 35.3 Å². The van der Waals surface area contributed by atoms with Gasteiger partial charge in [0, 0.05) is 24.2 Å². The molecule has 2 aromatic carbocycles. The van der Waals surface area contributed by atoms with Crippen molar-refractivity contribution in [1.82, 2.24) is 5.32 Å². The summed E-state index contributed by atoms with van der Waals surface area (Å²) in [6, 6.07) is 4.78. The number of nitrogens with one attached hydrogen (secondary N) is 1. The Labute approximate surface area is 159 Å². The number of hydrogen-bond acceptors (Lipinski definition) is 5. The maximum absolute atomic E-state index is 13.6. The first-order valence-electron chi connectivity index (χ1n) is 7.87. The van der Waals surface area contributed by atoms with Crippen LogP contribution in [0.5, 0.6) is 5.75 Å². The summed E-state index contributed by atoms with van der Waals surface area (Å²) < 4.78 is 67.7. The van der Waals surface area contributed by atoms with E-state index >= 15 is 0 Å². The molecule has 1 amide bonds. The minimum absolute atomic E-state index is 0.330. The number of nitrogens with zero attached hydrogens (tertiary/aromatic N) is 1. The van der Waals surface area contributed by atoms with Crippen LogP contribution in [0, 0.1) is 21.7 Å². The fourth-order valence-electron chi connectivity index (χ4n) is 2.28. The summed E-state index contributed by atoms with van der Waals surface area (Å²) in [6.45, 7) is -2.28. The molecule has 2 rings (SSSR count). The van der Waals surface area contributed by atoms with Crippen molar-refractivity contribution in [2.75, 3.05) is 13.2 Å². The maximum atomic E-state index is 13.6.